The number of halogens is 2. The molecule has 0 radical (unpaired) electrons. The molecule has 0 saturated heterocycles. The second kappa shape index (κ2) is 5.73. The van der Waals surface area contributed by atoms with Crippen molar-refractivity contribution in [3.8, 4) is 0 Å². The molecule has 0 fully saturated rings. The van der Waals surface area contributed by atoms with Gasteiger partial charge >= 0.3 is 5.97 Å². The van der Waals surface area contributed by atoms with Crippen molar-refractivity contribution in [3.63, 3.8) is 0 Å². The van der Waals surface area contributed by atoms with Gasteiger partial charge in [-0.3, -0.25) is 0 Å². The molecule has 2 rings (SSSR count). The molecule has 0 aromatic heterocycles. The first-order chi connectivity index (χ1) is 9.34. The molecule has 0 saturated carbocycles. The van der Waals surface area contributed by atoms with Gasteiger partial charge in [0.2, 0.25) is 10.0 Å². The maximum absolute atomic E-state index is 12.5. The van der Waals surface area contributed by atoms with Crippen molar-refractivity contribution in [2.24, 2.45) is 0 Å². The van der Waals surface area contributed by atoms with E-state index in [1.54, 1.807) is 6.08 Å². The summed E-state index contributed by atoms with van der Waals surface area (Å²) in [5.74, 6) is -1.33. The van der Waals surface area contributed by atoms with Crippen LogP contribution < -0.4 is 0 Å². The highest BCUT2D eigenvalue weighted by atomic mass is 35.5. The van der Waals surface area contributed by atoms with Gasteiger partial charge in [0.15, 0.2) is 0 Å². The van der Waals surface area contributed by atoms with Crippen LogP contribution in [0, 0.1) is 0 Å². The zero-order valence-electron chi connectivity index (χ0n) is 10.2. The minimum Gasteiger partial charge on any atom is -0.478 e. The lowest BCUT2D eigenvalue weighted by atomic mass is 10.2. The molecule has 8 heteroatoms. The number of carboxylic acids is 1. The number of rotatable bonds is 3. The van der Waals surface area contributed by atoms with Gasteiger partial charge in [-0.25, -0.2) is 13.2 Å². The fourth-order valence-electron chi connectivity index (χ4n) is 1.88. The van der Waals surface area contributed by atoms with Crippen LogP contribution in [-0.2, 0) is 10.0 Å². The highest BCUT2D eigenvalue weighted by molar-refractivity contribution is 7.89. The minimum absolute atomic E-state index is 0.0120. The Bertz CT molecular complexity index is 685. The van der Waals surface area contributed by atoms with Crippen LogP contribution in [0.15, 0.2) is 29.2 Å². The van der Waals surface area contributed by atoms with Gasteiger partial charge in [0.05, 0.1) is 10.6 Å². The summed E-state index contributed by atoms with van der Waals surface area (Å²) in [4.78, 5) is 10.8. The van der Waals surface area contributed by atoms with Crippen molar-refractivity contribution >= 4 is 39.2 Å². The third kappa shape index (κ3) is 2.83. The molecule has 0 spiro atoms. The maximum Gasteiger partial charge on any atom is 0.337 e. The number of nitrogens with zero attached hydrogens (tertiary/aromatic N) is 1. The topological polar surface area (TPSA) is 74.7 Å². The van der Waals surface area contributed by atoms with Crippen molar-refractivity contribution in [2.75, 3.05) is 13.1 Å². The third-order valence-corrected chi connectivity index (χ3v) is 5.50. The lowest BCUT2D eigenvalue weighted by molar-refractivity contribution is 0.0697. The molecule has 108 valence electrons. The van der Waals surface area contributed by atoms with Gasteiger partial charge in [-0.1, -0.05) is 35.4 Å². The Labute approximate surface area is 126 Å². The van der Waals surface area contributed by atoms with E-state index in [2.05, 4.69) is 0 Å². The van der Waals surface area contributed by atoms with E-state index in [1.165, 1.54) is 10.4 Å². The molecule has 5 nitrogen and oxygen atoms in total. The summed E-state index contributed by atoms with van der Waals surface area (Å²) < 4.78 is 26.2. The first-order valence-corrected chi connectivity index (χ1v) is 7.91. The van der Waals surface area contributed by atoms with Crippen LogP contribution in [0.5, 0.6) is 0 Å². The van der Waals surface area contributed by atoms with Crippen LogP contribution in [0.25, 0.3) is 0 Å². The zero-order chi connectivity index (χ0) is 14.9. The van der Waals surface area contributed by atoms with E-state index in [9.17, 15) is 13.2 Å². The highest BCUT2D eigenvalue weighted by Crippen LogP contribution is 2.32. The van der Waals surface area contributed by atoms with Crippen LogP contribution in [0.2, 0.25) is 10.0 Å². The summed E-state index contributed by atoms with van der Waals surface area (Å²) in [7, 11) is -3.87. The van der Waals surface area contributed by atoms with Crippen LogP contribution in [-0.4, -0.2) is 36.9 Å². The predicted molar refractivity (Wildman–Crippen MR) is 75.9 cm³/mol. The van der Waals surface area contributed by atoms with Crippen molar-refractivity contribution in [1.29, 1.82) is 0 Å². The Kier molecular flexibility index (Phi) is 4.39. The Morgan fingerprint density at radius 2 is 1.95 bits per heavy atom. The average molecular weight is 336 g/mol. The molecule has 1 N–H and O–H groups in total. The minimum atomic E-state index is -3.87. The van der Waals surface area contributed by atoms with Crippen LogP contribution in [0.3, 0.4) is 0 Å². The quantitative estimate of drug-likeness (QED) is 0.861. The monoisotopic (exact) mass is 335 g/mol. The molecule has 0 amide bonds. The smallest absolute Gasteiger partial charge is 0.337 e. The normalized spacial score (nSPS) is 16.3. The summed E-state index contributed by atoms with van der Waals surface area (Å²) in [5.41, 5.74) is -0.328. The molecule has 1 heterocycles. The number of hydrogen-bond donors (Lipinski definition) is 1. The van der Waals surface area contributed by atoms with E-state index >= 15 is 0 Å². The Morgan fingerprint density at radius 3 is 2.50 bits per heavy atom. The van der Waals surface area contributed by atoms with E-state index in [0.29, 0.717) is 13.0 Å². The average Bonchev–Trinajstić information content (AvgIpc) is 2.41. The third-order valence-electron chi connectivity index (χ3n) is 2.87. The summed E-state index contributed by atoms with van der Waals surface area (Å²) >= 11 is 11.7. The number of aromatic carboxylic acids is 1. The van der Waals surface area contributed by atoms with Crippen molar-refractivity contribution < 1.29 is 18.3 Å². The first kappa shape index (κ1) is 15.3. The van der Waals surface area contributed by atoms with Gasteiger partial charge < -0.3 is 5.11 Å². The molecule has 0 aliphatic carbocycles. The van der Waals surface area contributed by atoms with Crippen molar-refractivity contribution in [2.45, 2.75) is 11.3 Å². The number of carboxylic acid groups (broad SMARTS) is 1. The first-order valence-electron chi connectivity index (χ1n) is 5.71. The molecule has 1 aromatic rings. The molecule has 0 atom stereocenters. The number of sulfonamides is 1. The molecule has 1 aromatic carbocycles. The molecule has 20 heavy (non-hydrogen) atoms. The molecule has 1 aliphatic heterocycles. The fraction of sp³-hybridized carbons (Fsp3) is 0.250. The van der Waals surface area contributed by atoms with E-state index < -0.39 is 16.0 Å². The summed E-state index contributed by atoms with van der Waals surface area (Å²) in [6.45, 7) is 0.553. The van der Waals surface area contributed by atoms with E-state index in [0.717, 1.165) is 6.07 Å². The van der Waals surface area contributed by atoms with Gasteiger partial charge in [0, 0.05) is 18.1 Å². The van der Waals surface area contributed by atoms with Gasteiger partial charge in [-0.15, -0.1) is 0 Å². The lowest BCUT2D eigenvalue weighted by Gasteiger charge is -2.23. The molecule has 0 bridgehead atoms. The zero-order valence-corrected chi connectivity index (χ0v) is 12.5. The molecule has 1 aliphatic rings. The number of benzene rings is 1. The Hall–Kier alpha value is -1.08. The summed E-state index contributed by atoms with van der Waals surface area (Å²) in [6, 6.07) is 2.30. The van der Waals surface area contributed by atoms with Gasteiger partial charge in [0.1, 0.15) is 4.90 Å². The molecule has 0 unspecified atom stereocenters. The second-order valence-electron chi connectivity index (χ2n) is 4.19. The van der Waals surface area contributed by atoms with Gasteiger partial charge in [-0.2, -0.15) is 4.31 Å². The lowest BCUT2D eigenvalue weighted by Crippen LogP contribution is -2.34. The van der Waals surface area contributed by atoms with Crippen LogP contribution in [0.1, 0.15) is 16.8 Å². The SMILES string of the molecule is O=C(O)c1cc(Cl)cc(S(=O)(=O)N2CC=CCC2)c1Cl. The van der Waals surface area contributed by atoms with Gasteiger partial charge in [0.25, 0.3) is 0 Å². The van der Waals surface area contributed by atoms with E-state index in [1.807, 2.05) is 6.08 Å². The van der Waals surface area contributed by atoms with Gasteiger partial charge in [-0.05, 0) is 18.6 Å². The number of hydrogen-bond acceptors (Lipinski definition) is 3. The predicted octanol–water partition coefficient (Wildman–Crippen LogP) is 2.64. The van der Waals surface area contributed by atoms with Crippen LogP contribution >= 0.6 is 23.2 Å². The molecular weight excluding hydrogens is 325 g/mol. The fourth-order valence-corrected chi connectivity index (χ4v) is 4.17. The maximum atomic E-state index is 12.5. The van der Waals surface area contributed by atoms with Crippen LogP contribution in [0.4, 0.5) is 0 Å². The molecular formula is C12H11Cl2NO4S. The largest absolute Gasteiger partial charge is 0.478 e. The summed E-state index contributed by atoms with van der Waals surface area (Å²) in [6.07, 6.45) is 4.22. The van der Waals surface area contributed by atoms with E-state index in [4.69, 9.17) is 28.3 Å². The highest BCUT2D eigenvalue weighted by Gasteiger charge is 2.29. The Balaban J connectivity index is 2.57. The Morgan fingerprint density at radius 1 is 1.25 bits per heavy atom. The van der Waals surface area contributed by atoms with Crippen molar-refractivity contribution in [3.05, 3.63) is 39.9 Å². The van der Waals surface area contributed by atoms with E-state index in [-0.39, 0.29) is 27.0 Å². The second-order valence-corrected chi connectivity index (χ2v) is 6.91. The number of carbonyl (C=O) groups is 1. The van der Waals surface area contributed by atoms with Crippen molar-refractivity contribution in [1.82, 2.24) is 4.31 Å². The standard InChI is InChI=1S/C12H11Cl2NO4S/c13-8-6-9(12(16)17)11(14)10(7-8)20(18,19)15-4-2-1-3-5-15/h1-2,6-7H,3-5H2,(H,16,17). The summed E-state index contributed by atoms with van der Waals surface area (Å²) in [5, 5.41) is 8.72.